The fourth-order valence-electron chi connectivity index (χ4n) is 3.88. The molecule has 2 fully saturated rings. The van der Waals surface area contributed by atoms with Crippen molar-refractivity contribution in [3.63, 3.8) is 0 Å². The topological polar surface area (TPSA) is 68.2 Å². The molecule has 156 valence electrons. The van der Waals surface area contributed by atoms with Crippen LogP contribution in [0.1, 0.15) is 12.8 Å². The van der Waals surface area contributed by atoms with Gasteiger partial charge in [-0.2, -0.15) is 0 Å². The molecule has 0 spiro atoms. The van der Waals surface area contributed by atoms with Crippen LogP contribution in [0.2, 0.25) is 5.02 Å². The van der Waals surface area contributed by atoms with E-state index in [4.69, 9.17) is 11.6 Å². The molecule has 0 amide bonds. The lowest BCUT2D eigenvalue weighted by Gasteiger charge is -2.38. The summed E-state index contributed by atoms with van der Waals surface area (Å²) in [6.07, 6.45) is 3.06. The number of piperazine rings is 1. The monoisotopic (exact) mass is 427 g/mol. The minimum Gasteiger partial charge on any atom is -0.367 e. The lowest BCUT2D eigenvalue weighted by atomic mass is 9.98. The van der Waals surface area contributed by atoms with Crippen molar-refractivity contribution in [2.75, 3.05) is 64.0 Å². The molecule has 0 aromatic heterocycles. The highest BCUT2D eigenvalue weighted by Gasteiger charge is 2.26. The van der Waals surface area contributed by atoms with Crippen molar-refractivity contribution < 1.29 is 8.42 Å². The Labute approximate surface area is 173 Å². The van der Waals surface area contributed by atoms with Crippen LogP contribution in [0, 0.1) is 5.92 Å². The molecular formula is C19H30ClN5O2S. The molecule has 0 unspecified atom stereocenters. The number of para-hydroxylation sites is 1. The van der Waals surface area contributed by atoms with Gasteiger partial charge >= 0.3 is 0 Å². The number of sulfonamides is 1. The van der Waals surface area contributed by atoms with E-state index in [1.54, 1.807) is 4.31 Å². The quantitative estimate of drug-likeness (QED) is 0.585. The summed E-state index contributed by atoms with van der Waals surface area (Å²) in [6, 6.07) is 7.96. The Hall–Kier alpha value is -1.51. The van der Waals surface area contributed by atoms with Gasteiger partial charge in [-0.25, -0.2) is 12.7 Å². The first-order chi connectivity index (χ1) is 13.4. The third kappa shape index (κ3) is 5.30. The maximum absolute atomic E-state index is 11.6. The number of rotatable bonds is 4. The zero-order chi connectivity index (χ0) is 20.1. The Morgan fingerprint density at radius 3 is 2.36 bits per heavy atom. The van der Waals surface area contributed by atoms with Crippen molar-refractivity contribution in [3.05, 3.63) is 29.3 Å². The molecule has 9 heteroatoms. The van der Waals surface area contributed by atoms with Gasteiger partial charge in [0.2, 0.25) is 10.0 Å². The molecule has 0 saturated carbocycles. The average Bonchev–Trinajstić information content (AvgIpc) is 2.69. The molecule has 1 aromatic carbocycles. The molecule has 2 aliphatic heterocycles. The molecular weight excluding hydrogens is 398 g/mol. The Morgan fingerprint density at radius 2 is 1.79 bits per heavy atom. The van der Waals surface area contributed by atoms with Gasteiger partial charge in [0.25, 0.3) is 0 Å². The number of benzene rings is 1. The molecule has 1 N–H and O–H groups in total. The van der Waals surface area contributed by atoms with Crippen LogP contribution in [0.15, 0.2) is 29.3 Å². The number of aliphatic imine (C=N–C) groups is 1. The zero-order valence-corrected chi connectivity index (χ0v) is 18.2. The molecule has 0 radical (unpaired) electrons. The van der Waals surface area contributed by atoms with Crippen LogP contribution >= 0.6 is 11.6 Å². The molecule has 0 bridgehead atoms. The number of anilines is 1. The fraction of sp³-hybridized carbons (Fsp3) is 0.632. The first kappa shape index (κ1) is 21.2. The van der Waals surface area contributed by atoms with Crippen LogP contribution in [0.3, 0.4) is 0 Å². The molecule has 0 atom stereocenters. The Bertz CT molecular complexity index is 785. The number of hydrogen-bond acceptors (Lipinski definition) is 4. The van der Waals surface area contributed by atoms with E-state index in [-0.39, 0.29) is 0 Å². The Morgan fingerprint density at radius 1 is 1.14 bits per heavy atom. The minimum absolute atomic E-state index is 0.471. The smallest absolute Gasteiger partial charge is 0.211 e. The molecule has 28 heavy (non-hydrogen) atoms. The second-order valence-electron chi connectivity index (χ2n) is 7.46. The number of nitrogens with zero attached hydrogens (tertiary/aromatic N) is 4. The predicted octanol–water partition coefficient (Wildman–Crippen LogP) is 1.71. The molecule has 2 saturated heterocycles. The van der Waals surface area contributed by atoms with Crippen LogP contribution in [0.25, 0.3) is 0 Å². The lowest BCUT2D eigenvalue weighted by Crippen LogP contribution is -2.53. The number of guanidine groups is 1. The van der Waals surface area contributed by atoms with Gasteiger partial charge in [-0.05, 0) is 30.9 Å². The highest BCUT2D eigenvalue weighted by atomic mass is 35.5. The summed E-state index contributed by atoms with van der Waals surface area (Å²) in [5, 5.41) is 4.28. The van der Waals surface area contributed by atoms with Crippen molar-refractivity contribution in [1.29, 1.82) is 0 Å². The van der Waals surface area contributed by atoms with Gasteiger partial charge in [0.05, 0.1) is 17.0 Å². The van der Waals surface area contributed by atoms with E-state index in [9.17, 15) is 8.42 Å². The van der Waals surface area contributed by atoms with Crippen molar-refractivity contribution in [2.45, 2.75) is 12.8 Å². The summed E-state index contributed by atoms with van der Waals surface area (Å²) >= 11 is 6.33. The van der Waals surface area contributed by atoms with Gasteiger partial charge < -0.3 is 15.1 Å². The third-order valence-electron chi connectivity index (χ3n) is 5.58. The fourth-order valence-corrected chi connectivity index (χ4v) is 5.01. The van der Waals surface area contributed by atoms with Crippen LogP contribution in [0.4, 0.5) is 5.69 Å². The number of halogens is 1. The summed E-state index contributed by atoms with van der Waals surface area (Å²) in [5.41, 5.74) is 1.09. The Balaban J connectivity index is 1.46. The van der Waals surface area contributed by atoms with Gasteiger partial charge in [-0.1, -0.05) is 23.7 Å². The average molecular weight is 428 g/mol. The van der Waals surface area contributed by atoms with E-state index in [1.807, 2.05) is 25.2 Å². The van der Waals surface area contributed by atoms with E-state index < -0.39 is 10.0 Å². The summed E-state index contributed by atoms with van der Waals surface area (Å²) in [6.45, 7) is 5.62. The van der Waals surface area contributed by atoms with Gasteiger partial charge in [-0.3, -0.25) is 4.99 Å². The molecule has 3 rings (SSSR count). The molecule has 7 nitrogen and oxygen atoms in total. The van der Waals surface area contributed by atoms with Gasteiger partial charge in [0.15, 0.2) is 5.96 Å². The number of nitrogens with one attached hydrogen (secondary N) is 1. The SMILES string of the molecule is CN=C(NCC1CCN(S(C)(=O)=O)CC1)N1CCN(c2ccccc2Cl)CC1. The van der Waals surface area contributed by atoms with Gasteiger partial charge in [0, 0.05) is 52.9 Å². The second-order valence-corrected chi connectivity index (χ2v) is 9.85. The van der Waals surface area contributed by atoms with Crippen molar-refractivity contribution in [3.8, 4) is 0 Å². The predicted molar refractivity (Wildman–Crippen MR) is 116 cm³/mol. The standard InChI is InChI=1S/C19H30ClN5O2S/c1-21-19(22-15-16-7-9-25(10-8-16)28(2,26)27)24-13-11-23(12-14-24)18-6-4-3-5-17(18)20/h3-6,16H,7-15H2,1-2H3,(H,21,22). The molecule has 2 aliphatic rings. The highest BCUT2D eigenvalue weighted by Crippen LogP contribution is 2.26. The van der Waals surface area contributed by atoms with Crippen LogP contribution in [0.5, 0.6) is 0 Å². The van der Waals surface area contributed by atoms with E-state index >= 15 is 0 Å². The second kappa shape index (κ2) is 9.33. The summed E-state index contributed by atoms with van der Waals surface area (Å²) < 4.78 is 24.8. The van der Waals surface area contributed by atoms with Crippen LogP contribution < -0.4 is 10.2 Å². The molecule has 0 aliphatic carbocycles. The first-order valence-electron chi connectivity index (χ1n) is 9.78. The zero-order valence-electron chi connectivity index (χ0n) is 16.6. The summed E-state index contributed by atoms with van der Waals surface area (Å²) in [4.78, 5) is 9.04. The van der Waals surface area contributed by atoms with Crippen LogP contribution in [-0.4, -0.2) is 82.7 Å². The van der Waals surface area contributed by atoms with E-state index in [0.717, 1.165) is 62.2 Å². The van der Waals surface area contributed by atoms with Gasteiger partial charge in [0.1, 0.15) is 0 Å². The maximum Gasteiger partial charge on any atom is 0.211 e. The minimum atomic E-state index is -3.07. The van der Waals surface area contributed by atoms with E-state index in [1.165, 1.54) is 6.26 Å². The summed E-state index contributed by atoms with van der Waals surface area (Å²) in [5.74, 6) is 1.39. The highest BCUT2D eigenvalue weighted by molar-refractivity contribution is 7.88. The summed E-state index contributed by atoms with van der Waals surface area (Å²) in [7, 11) is -1.25. The molecule has 2 heterocycles. The first-order valence-corrected chi connectivity index (χ1v) is 12.0. The molecule has 1 aromatic rings. The number of hydrogen-bond donors (Lipinski definition) is 1. The lowest BCUT2D eigenvalue weighted by molar-refractivity contribution is 0.271. The largest absolute Gasteiger partial charge is 0.367 e. The van der Waals surface area contributed by atoms with Crippen molar-refractivity contribution in [2.24, 2.45) is 10.9 Å². The van der Waals surface area contributed by atoms with Crippen molar-refractivity contribution in [1.82, 2.24) is 14.5 Å². The van der Waals surface area contributed by atoms with Crippen LogP contribution in [-0.2, 0) is 10.0 Å². The normalized spacial score (nSPS) is 20.5. The van der Waals surface area contributed by atoms with E-state index in [2.05, 4.69) is 26.2 Å². The van der Waals surface area contributed by atoms with E-state index in [0.29, 0.717) is 19.0 Å². The third-order valence-corrected chi connectivity index (χ3v) is 7.20. The van der Waals surface area contributed by atoms with Crippen molar-refractivity contribution >= 4 is 33.3 Å². The maximum atomic E-state index is 11.6. The Kier molecular flexibility index (Phi) is 7.06. The number of piperidine rings is 1. The van der Waals surface area contributed by atoms with Gasteiger partial charge in [-0.15, -0.1) is 0 Å².